The van der Waals surface area contributed by atoms with Gasteiger partial charge in [-0.05, 0) is 25.7 Å². The Hall–Kier alpha value is -0.790. The predicted octanol–water partition coefficient (Wildman–Crippen LogP) is 2.45. The zero-order chi connectivity index (χ0) is 9.97. The number of aromatic nitrogens is 2. The van der Waals surface area contributed by atoms with Crippen LogP contribution in [0.4, 0.5) is 0 Å². The highest BCUT2D eigenvalue weighted by Crippen LogP contribution is 2.32. The van der Waals surface area contributed by atoms with Crippen molar-refractivity contribution in [3.8, 4) is 0 Å². The first kappa shape index (κ1) is 9.75. The van der Waals surface area contributed by atoms with Crippen molar-refractivity contribution < 1.29 is 4.57 Å². The SMILES string of the molecule is C[C@H](C1CCCCC1)n1cc[n+](C)c1. The van der Waals surface area contributed by atoms with Gasteiger partial charge in [0.25, 0.3) is 0 Å². The van der Waals surface area contributed by atoms with E-state index in [9.17, 15) is 0 Å². The Morgan fingerprint density at radius 3 is 2.57 bits per heavy atom. The lowest BCUT2D eigenvalue weighted by Crippen LogP contribution is -2.25. The van der Waals surface area contributed by atoms with Gasteiger partial charge >= 0.3 is 0 Å². The van der Waals surface area contributed by atoms with E-state index in [2.05, 4.69) is 41.8 Å². The average molecular weight is 193 g/mol. The summed E-state index contributed by atoms with van der Waals surface area (Å²) in [7, 11) is 2.09. The Bertz CT molecular complexity index is 284. The van der Waals surface area contributed by atoms with Crippen molar-refractivity contribution in [3.63, 3.8) is 0 Å². The average Bonchev–Trinajstić information content (AvgIpc) is 2.65. The van der Waals surface area contributed by atoms with E-state index in [1.807, 2.05) is 0 Å². The van der Waals surface area contributed by atoms with Gasteiger partial charge in [-0.1, -0.05) is 19.3 Å². The van der Waals surface area contributed by atoms with Crippen molar-refractivity contribution in [3.05, 3.63) is 18.7 Å². The highest BCUT2D eigenvalue weighted by atomic mass is 15.1. The van der Waals surface area contributed by atoms with E-state index in [1.165, 1.54) is 32.1 Å². The van der Waals surface area contributed by atoms with Gasteiger partial charge in [-0.15, -0.1) is 0 Å². The van der Waals surface area contributed by atoms with Crippen LogP contribution in [0.1, 0.15) is 45.1 Å². The molecule has 1 saturated carbocycles. The van der Waals surface area contributed by atoms with E-state index in [0.717, 1.165) is 5.92 Å². The third kappa shape index (κ3) is 1.99. The fourth-order valence-electron chi connectivity index (χ4n) is 2.57. The number of rotatable bonds is 2. The minimum absolute atomic E-state index is 0.677. The van der Waals surface area contributed by atoms with Gasteiger partial charge in [-0.2, -0.15) is 0 Å². The molecule has 0 aromatic carbocycles. The number of hydrogen-bond donors (Lipinski definition) is 0. The maximum absolute atomic E-state index is 2.36. The predicted molar refractivity (Wildman–Crippen MR) is 56.9 cm³/mol. The fourth-order valence-corrected chi connectivity index (χ4v) is 2.57. The normalized spacial score (nSPS) is 21.0. The quantitative estimate of drug-likeness (QED) is 0.638. The summed E-state index contributed by atoms with van der Waals surface area (Å²) in [6.07, 6.45) is 13.7. The molecule has 1 aromatic heterocycles. The van der Waals surface area contributed by atoms with Crippen molar-refractivity contribution in [1.82, 2.24) is 4.57 Å². The summed E-state index contributed by atoms with van der Waals surface area (Å²) < 4.78 is 4.48. The molecular formula is C12H21N2+. The minimum atomic E-state index is 0.677. The summed E-state index contributed by atoms with van der Waals surface area (Å²) in [5.74, 6) is 0.899. The Morgan fingerprint density at radius 1 is 1.29 bits per heavy atom. The van der Waals surface area contributed by atoms with Gasteiger partial charge in [-0.25, -0.2) is 9.13 Å². The van der Waals surface area contributed by atoms with Crippen LogP contribution in [0.15, 0.2) is 18.7 Å². The third-order valence-electron chi connectivity index (χ3n) is 3.59. The molecule has 78 valence electrons. The molecule has 0 saturated heterocycles. The molecule has 1 aliphatic carbocycles. The minimum Gasteiger partial charge on any atom is -0.240 e. The molecule has 1 aromatic rings. The van der Waals surface area contributed by atoms with E-state index >= 15 is 0 Å². The number of nitrogens with zero attached hydrogens (tertiary/aromatic N) is 2. The molecule has 0 radical (unpaired) electrons. The van der Waals surface area contributed by atoms with Gasteiger partial charge in [0.1, 0.15) is 18.4 Å². The Kier molecular flexibility index (Phi) is 2.90. The van der Waals surface area contributed by atoms with E-state index < -0.39 is 0 Å². The Balaban J connectivity index is 2.03. The van der Waals surface area contributed by atoms with Gasteiger partial charge in [0.15, 0.2) is 0 Å². The van der Waals surface area contributed by atoms with Crippen LogP contribution in [0, 0.1) is 5.92 Å². The Morgan fingerprint density at radius 2 is 2.00 bits per heavy atom. The lowest BCUT2D eigenvalue weighted by molar-refractivity contribution is -0.671. The topological polar surface area (TPSA) is 8.81 Å². The molecule has 2 nitrogen and oxygen atoms in total. The molecule has 0 bridgehead atoms. The first-order valence-electron chi connectivity index (χ1n) is 5.80. The molecule has 1 heterocycles. The molecule has 0 spiro atoms. The zero-order valence-corrected chi connectivity index (χ0v) is 9.32. The van der Waals surface area contributed by atoms with Gasteiger partial charge in [0.05, 0.1) is 7.05 Å². The van der Waals surface area contributed by atoms with Crippen molar-refractivity contribution in [1.29, 1.82) is 0 Å². The maximum atomic E-state index is 2.36. The van der Waals surface area contributed by atoms with Crippen LogP contribution in [0.2, 0.25) is 0 Å². The molecule has 1 aliphatic rings. The first-order chi connectivity index (χ1) is 6.77. The maximum Gasteiger partial charge on any atom is 0.243 e. The van der Waals surface area contributed by atoms with E-state index in [4.69, 9.17) is 0 Å². The second-order valence-electron chi connectivity index (χ2n) is 4.66. The standard InChI is InChI=1S/C12H21N2/c1-11(12-6-4-3-5-7-12)14-9-8-13(2)10-14/h8-12H,3-7H2,1-2H3/q+1/t11-/m1/s1. The molecule has 2 heteroatoms. The smallest absolute Gasteiger partial charge is 0.240 e. The number of imidazole rings is 1. The van der Waals surface area contributed by atoms with Gasteiger partial charge in [0.2, 0.25) is 6.33 Å². The van der Waals surface area contributed by atoms with Crippen LogP contribution < -0.4 is 4.57 Å². The molecule has 0 aliphatic heterocycles. The Labute approximate surface area is 86.6 Å². The molecule has 0 amide bonds. The van der Waals surface area contributed by atoms with E-state index in [0.29, 0.717) is 6.04 Å². The summed E-state index contributed by atoms with van der Waals surface area (Å²) >= 11 is 0. The molecule has 1 atom stereocenters. The third-order valence-corrected chi connectivity index (χ3v) is 3.59. The summed E-state index contributed by atoms with van der Waals surface area (Å²) in [6, 6.07) is 0.677. The largest absolute Gasteiger partial charge is 0.243 e. The molecule has 14 heavy (non-hydrogen) atoms. The summed E-state index contributed by atoms with van der Waals surface area (Å²) in [4.78, 5) is 0. The molecule has 2 rings (SSSR count). The van der Waals surface area contributed by atoms with Crippen molar-refractivity contribution in [2.75, 3.05) is 0 Å². The van der Waals surface area contributed by atoms with Crippen LogP contribution >= 0.6 is 0 Å². The number of hydrogen-bond acceptors (Lipinski definition) is 0. The molecule has 1 fully saturated rings. The lowest BCUT2D eigenvalue weighted by Gasteiger charge is -2.25. The van der Waals surface area contributed by atoms with Crippen LogP contribution in [-0.4, -0.2) is 4.57 Å². The molecule has 0 unspecified atom stereocenters. The monoisotopic (exact) mass is 193 g/mol. The van der Waals surface area contributed by atoms with Crippen LogP contribution in [0.3, 0.4) is 0 Å². The highest BCUT2D eigenvalue weighted by molar-refractivity contribution is 4.79. The highest BCUT2D eigenvalue weighted by Gasteiger charge is 2.24. The van der Waals surface area contributed by atoms with E-state index in [-0.39, 0.29) is 0 Å². The van der Waals surface area contributed by atoms with Crippen LogP contribution in [0.25, 0.3) is 0 Å². The van der Waals surface area contributed by atoms with Gasteiger partial charge < -0.3 is 0 Å². The van der Waals surface area contributed by atoms with Crippen molar-refractivity contribution >= 4 is 0 Å². The summed E-state index contributed by atoms with van der Waals surface area (Å²) in [6.45, 7) is 2.36. The second kappa shape index (κ2) is 4.16. The second-order valence-corrected chi connectivity index (χ2v) is 4.66. The van der Waals surface area contributed by atoms with Crippen LogP contribution in [-0.2, 0) is 7.05 Å². The van der Waals surface area contributed by atoms with Crippen LogP contribution in [0.5, 0.6) is 0 Å². The van der Waals surface area contributed by atoms with Gasteiger partial charge in [-0.3, -0.25) is 0 Å². The van der Waals surface area contributed by atoms with E-state index in [1.54, 1.807) is 0 Å². The van der Waals surface area contributed by atoms with Gasteiger partial charge in [0, 0.05) is 0 Å². The summed E-state index contributed by atoms with van der Waals surface area (Å²) in [5.41, 5.74) is 0. The zero-order valence-electron chi connectivity index (χ0n) is 9.32. The fraction of sp³-hybridized carbons (Fsp3) is 0.750. The molecule has 0 N–H and O–H groups in total. The number of aryl methyl sites for hydroxylation is 1. The lowest BCUT2D eigenvalue weighted by atomic mass is 9.84. The van der Waals surface area contributed by atoms with Crippen molar-refractivity contribution in [2.24, 2.45) is 13.0 Å². The molecular weight excluding hydrogens is 172 g/mol. The first-order valence-corrected chi connectivity index (χ1v) is 5.80. The summed E-state index contributed by atoms with van der Waals surface area (Å²) in [5, 5.41) is 0. The van der Waals surface area contributed by atoms with Crippen molar-refractivity contribution in [2.45, 2.75) is 45.1 Å².